The van der Waals surface area contributed by atoms with Crippen LogP contribution in [-0.2, 0) is 19.1 Å². The van der Waals surface area contributed by atoms with Gasteiger partial charge in [-0.25, -0.2) is 4.79 Å². The Bertz CT molecular complexity index is 193. The van der Waals surface area contributed by atoms with Gasteiger partial charge in [0, 0.05) is 19.2 Å². The van der Waals surface area contributed by atoms with Crippen LogP contribution in [0.25, 0.3) is 0 Å². The molecule has 0 fully saturated rings. The fourth-order valence-electron chi connectivity index (χ4n) is 0.729. The van der Waals surface area contributed by atoms with Crippen LogP contribution in [0.4, 0.5) is 0 Å². The van der Waals surface area contributed by atoms with Crippen molar-refractivity contribution < 1.29 is 19.1 Å². The maximum atomic E-state index is 10.6. The zero-order valence-corrected chi connectivity index (χ0v) is 8.27. The molecule has 0 aliphatic heterocycles. The number of ether oxygens (including phenoxy) is 2. The summed E-state index contributed by atoms with van der Waals surface area (Å²) in [5.41, 5.74) is 0. The zero-order chi connectivity index (χ0) is 10.8. The molecule has 0 unspecified atom stereocenters. The summed E-state index contributed by atoms with van der Waals surface area (Å²) < 4.78 is 9.27. The van der Waals surface area contributed by atoms with Crippen LogP contribution in [0.1, 0.15) is 0 Å². The van der Waals surface area contributed by atoms with E-state index in [1.54, 1.807) is 0 Å². The maximum Gasteiger partial charge on any atom is 0.330 e. The summed E-state index contributed by atoms with van der Waals surface area (Å²) in [6.07, 6.45) is 1.12. The molecule has 0 aliphatic rings. The van der Waals surface area contributed by atoms with Gasteiger partial charge in [0.1, 0.15) is 13.2 Å². The second-order valence-corrected chi connectivity index (χ2v) is 2.64. The molecular formula is C9H15NO4. The topological polar surface area (TPSA) is 55.8 Å². The molecule has 0 rings (SSSR count). The first-order valence-electron chi connectivity index (χ1n) is 4.23. The third-order valence-corrected chi connectivity index (χ3v) is 1.54. The largest absolute Gasteiger partial charge is 0.467 e. The normalized spacial score (nSPS) is 9.57. The Balaban J connectivity index is 3.34. The molecule has 0 spiro atoms. The van der Waals surface area contributed by atoms with Gasteiger partial charge in [0.05, 0.1) is 0 Å². The molecule has 0 N–H and O–H groups in total. The lowest BCUT2D eigenvalue weighted by atomic mass is 10.5. The lowest BCUT2D eigenvalue weighted by Gasteiger charge is -2.14. The number of rotatable bonds is 8. The van der Waals surface area contributed by atoms with E-state index in [0.717, 1.165) is 6.08 Å². The zero-order valence-electron chi connectivity index (χ0n) is 8.27. The highest BCUT2D eigenvalue weighted by Gasteiger charge is 2.00. The van der Waals surface area contributed by atoms with E-state index < -0.39 is 5.97 Å². The standard InChI is InChI=1S/C9H15NO4/c1-3-9(12)14-7-5-10(2)4-6-13-8-11/h3,8H,1,4-7H2,2H3. The maximum absolute atomic E-state index is 10.6. The fraction of sp³-hybridized carbons (Fsp3) is 0.556. The third kappa shape index (κ3) is 7.30. The Morgan fingerprint density at radius 3 is 2.64 bits per heavy atom. The SMILES string of the molecule is C=CC(=O)OCCN(C)CCOC=O. The molecule has 0 aromatic rings. The number of nitrogens with zero attached hydrogens (tertiary/aromatic N) is 1. The van der Waals surface area contributed by atoms with Crippen molar-refractivity contribution in [2.75, 3.05) is 33.4 Å². The Morgan fingerprint density at radius 1 is 1.43 bits per heavy atom. The fourth-order valence-corrected chi connectivity index (χ4v) is 0.729. The Kier molecular flexibility index (Phi) is 7.45. The molecule has 0 atom stereocenters. The molecule has 0 aromatic carbocycles. The molecule has 0 aliphatic carbocycles. The van der Waals surface area contributed by atoms with Gasteiger partial charge < -0.3 is 9.47 Å². The Hall–Kier alpha value is -1.36. The number of likely N-dealkylation sites (N-methyl/N-ethyl adjacent to an activating group) is 1. The highest BCUT2D eigenvalue weighted by Crippen LogP contribution is 1.85. The van der Waals surface area contributed by atoms with Gasteiger partial charge in [-0.15, -0.1) is 0 Å². The first-order chi connectivity index (χ1) is 6.70. The quantitative estimate of drug-likeness (QED) is 0.236. The van der Waals surface area contributed by atoms with E-state index in [2.05, 4.69) is 11.3 Å². The number of carbonyl (C=O) groups excluding carboxylic acids is 2. The molecule has 0 bridgehead atoms. The van der Waals surface area contributed by atoms with Gasteiger partial charge in [0.2, 0.25) is 0 Å². The van der Waals surface area contributed by atoms with Crippen LogP contribution in [0.3, 0.4) is 0 Å². The smallest absolute Gasteiger partial charge is 0.330 e. The predicted octanol–water partition coefficient (Wildman–Crippen LogP) is -0.180. The monoisotopic (exact) mass is 201 g/mol. The van der Waals surface area contributed by atoms with E-state index in [9.17, 15) is 9.59 Å². The molecule has 0 amide bonds. The van der Waals surface area contributed by atoms with Crippen LogP contribution >= 0.6 is 0 Å². The van der Waals surface area contributed by atoms with E-state index in [0.29, 0.717) is 32.8 Å². The van der Waals surface area contributed by atoms with Gasteiger partial charge in [-0.3, -0.25) is 9.69 Å². The summed E-state index contributed by atoms with van der Waals surface area (Å²) in [7, 11) is 1.84. The van der Waals surface area contributed by atoms with E-state index in [4.69, 9.17) is 4.74 Å². The van der Waals surface area contributed by atoms with Crippen LogP contribution in [0, 0.1) is 0 Å². The molecule has 0 saturated heterocycles. The van der Waals surface area contributed by atoms with Crippen LogP contribution < -0.4 is 0 Å². The summed E-state index contributed by atoms with van der Waals surface area (Å²) in [6, 6.07) is 0. The summed E-state index contributed by atoms with van der Waals surface area (Å²) in [6.45, 7) is 5.55. The molecule has 0 radical (unpaired) electrons. The molecule has 5 heteroatoms. The highest BCUT2D eigenvalue weighted by molar-refractivity contribution is 5.81. The van der Waals surface area contributed by atoms with Gasteiger partial charge in [0.15, 0.2) is 0 Å². The lowest BCUT2D eigenvalue weighted by molar-refractivity contribution is -0.138. The number of hydrogen-bond acceptors (Lipinski definition) is 5. The first kappa shape index (κ1) is 12.6. The van der Waals surface area contributed by atoms with E-state index >= 15 is 0 Å². The summed E-state index contributed by atoms with van der Waals surface area (Å²) in [4.78, 5) is 22.3. The first-order valence-corrected chi connectivity index (χ1v) is 4.23. The Morgan fingerprint density at radius 2 is 2.07 bits per heavy atom. The van der Waals surface area contributed by atoms with Crippen molar-refractivity contribution in [3.63, 3.8) is 0 Å². The lowest BCUT2D eigenvalue weighted by Crippen LogP contribution is -2.27. The average Bonchev–Trinajstić information content (AvgIpc) is 2.18. The van der Waals surface area contributed by atoms with Crippen molar-refractivity contribution in [3.05, 3.63) is 12.7 Å². The van der Waals surface area contributed by atoms with E-state index in [1.807, 2.05) is 11.9 Å². The van der Waals surface area contributed by atoms with Crippen LogP contribution in [0.2, 0.25) is 0 Å². The van der Waals surface area contributed by atoms with Crippen molar-refractivity contribution in [1.82, 2.24) is 4.90 Å². The average molecular weight is 201 g/mol. The number of carbonyl (C=O) groups is 2. The van der Waals surface area contributed by atoms with Crippen LogP contribution in [0.5, 0.6) is 0 Å². The van der Waals surface area contributed by atoms with Crippen molar-refractivity contribution in [2.24, 2.45) is 0 Å². The van der Waals surface area contributed by atoms with Crippen molar-refractivity contribution in [1.29, 1.82) is 0 Å². The van der Waals surface area contributed by atoms with Crippen molar-refractivity contribution >= 4 is 12.4 Å². The van der Waals surface area contributed by atoms with Crippen molar-refractivity contribution in [2.45, 2.75) is 0 Å². The van der Waals surface area contributed by atoms with Gasteiger partial charge >= 0.3 is 5.97 Å². The van der Waals surface area contributed by atoms with Crippen LogP contribution in [-0.4, -0.2) is 50.7 Å². The third-order valence-electron chi connectivity index (χ3n) is 1.54. The minimum Gasteiger partial charge on any atom is -0.467 e. The number of esters is 1. The van der Waals surface area contributed by atoms with Gasteiger partial charge in [0.25, 0.3) is 6.47 Å². The van der Waals surface area contributed by atoms with Crippen molar-refractivity contribution in [3.8, 4) is 0 Å². The van der Waals surface area contributed by atoms with Gasteiger partial charge in [-0.1, -0.05) is 6.58 Å². The predicted molar refractivity (Wildman–Crippen MR) is 50.7 cm³/mol. The van der Waals surface area contributed by atoms with E-state index in [1.165, 1.54) is 0 Å². The Labute approximate surface area is 83.3 Å². The van der Waals surface area contributed by atoms with Gasteiger partial charge in [-0.05, 0) is 7.05 Å². The minimum atomic E-state index is -0.428. The second kappa shape index (κ2) is 8.25. The molecule has 80 valence electrons. The van der Waals surface area contributed by atoms with Gasteiger partial charge in [-0.2, -0.15) is 0 Å². The molecular weight excluding hydrogens is 186 g/mol. The molecule has 14 heavy (non-hydrogen) atoms. The van der Waals surface area contributed by atoms with Crippen LogP contribution in [0.15, 0.2) is 12.7 Å². The molecule has 5 nitrogen and oxygen atoms in total. The second-order valence-electron chi connectivity index (χ2n) is 2.64. The highest BCUT2D eigenvalue weighted by atomic mass is 16.5. The summed E-state index contributed by atoms with van der Waals surface area (Å²) in [5, 5.41) is 0. The molecule has 0 saturated carbocycles. The molecule has 0 aromatic heterocycles. The number of hydrogen-bond donors (Lipinski definition) is 0. The van der Waals surface area contributed by atoms with E-state index in [-0.39, 0.29) is 0 Å². The molecule has 0 heterocycles. The minimum absolute atomic E-state index is 0.308. The summed E-state index contributed by atoms with van der Waals surface area (Å²) in [5.74, 6) is -0.428. The summed E-state index contributed by atoms with van der Waals surface area (Å²) >= 11 is 0.